The highest BCUT2D eigenvalue weighted by Gasteiger charge is 2.40. The van der Waals surface area contributed by atoms with Gasteiger partial charge in [0.2, 0.25) is 0 Å². The first-order valence-electron chi connectivity index (χ1n) is 9.05. The van der Waals surface area contributed by atoms with Gasteiger partial charge < -0.3 is 10.1 Å². The molecule has 23 heavy (non-hydrogen) atoms. The number of likely N-dealkylation sites (tertiary alicyclic amines) is 1. The van der Waals surface area contributed by atoms with Crippen LogP contribution in [0, 0.1) is 0 Å². The molecule has 1 aromatic rings. The Morgan fingerprint density at radius 1 is 1.04 bits per heavy atom. The molecule has 0 saturated carbocycles. The van der Waals surface area contributed by atoms with Crippen molar-refractivity contribution in [2.24, 2.45) is 0 Å². The van der Waals surface area contributed by atoms with E-state index < -0.39 is 0 Å². The number of nitrogens with one attached hydrogen (secondary N) is 1. The average Bonchev–Trinajstić information content (AvgIpc) is 2.48. The van der Waals surface area contributed by atoms with E-state index in [1.807, 2.05) is 0 Å². The fourth-order valence-corrected chi connectivity index (χ4v) is 3.88. The van der Waals surface area contributed by atoms with Crippen molar-refractivity contribution in [2.75, 3.05) is 19.7 Å². The van der Waals surface area contributed by atoms with Gasteiger partial charge >= 0.3 is 0 Å². The second-order valence-corrected chi connectivity index (χ2v) is 7.90. The summed E-state index contributed by atoms with van der Waals surface area (Å²) < 4.78 is 5.99. The molecule has 1 aliphatic rings. The van der Waals surface area contributed by atoms with E-state index in [0.717, 1.165) is 32.0 Å². The minimum absolute atomic E-state index is 0.265. The Morgan fingerprint density at radius 2 is 1.65 bits per heavy atom. The number of nitrogens with zero attached hydrogens (tertiary/aromatic N) is 1. The van der Waals surface area contributed by atoms with Gasteiger partial charge in [0.15, 0.2) is 0 Å². The van der Waals surface area contributed by atoms with Crippen molar-refractivity contribution < 1.29 is 4.74 Å². The third-order valence-corrected chi connectivity index (χ3v) is 5.12. The number of hydrogen-bond donors (Lipinski definition) is 1. The summed E-state index contributed by atoms with van der Waals surface area (Å²) in [6.07, 6.45) is 3.87. The van der Waals surface area contributed by atoms with Crippen molar-refractivity contribution in [2.45, 2.75) is 71.5 Å². The SMILES string of the molecule is CCNCc1ccc(OCCN2C(C)(C)CCCC2(C)C)cc1. The molecule has 2 rings (SSSR count). The van der Waals surface area contributed by atoms with E-state index >= 15 is 0 Å². The Bertz CT molecular complexity index is 463. The van der Waals surface area contributed by atoms with E-state index in [4.69, 9.17) is 4.74 Å². The Labute approximate surface area is 142 Å². The fourth-order valence-electron chi connectivity index (χ4n) is 3.88. The van der Waals surface area contributed by atoms with Gasteiger partial charge in [-0.1, -0.05) is 19.1 Å². The molecule has 1 aromatic carbocycles. The predicted octanol–water partition coefficient (Wildman–Crippen LogP) is 4.22. The molecule has 0 aliphatic carbocycles. The predicted molar refractivity (Wildman–Crippen MR) is 98.0 cm³/mol. The second kappa shape index (κ2) is 7.67. The van der Waals surface area contributed by atoms with Crippen molar-refractivity contribution >= 4 is 0 Å². The van der Waals surface area contributed by atoms with Crippen LogP contribution in [0.2, 0.25) is 0 Å². The van der Waals surface area contributed by atoms with Crippen LogP contribution in [0.15, 0.2) is 24.3 Å². The van der Waals surface area contributed by atoms with E-state index in [1.54, 1.807) is 0 Å². The summed E-state index contributed by atoms with van der Waals surface area (Å²) in [5, 5.41) is 3.34. The van der Waals surface area contributed by atoms with Crippen molar-refractivity contribution in [1.29, 1.82) is 0 Å². The van der Waals surface area contributed by atoms with Crippen LogP contribution in [0.25, 0.3) is 0 Å². The zero-order valence-electron chi connectivity index (χ0n) is 15.6. The van der Waals surface area contributed by atoms with E-state index in [1.165, 1.54) is 24.8 Å². The second-order valence-electron chi connectivity index (χ2n) is 7.90. The zero-order chi connectivity index (χ0) is 16.9. The quantitative estimate of drug-likeness (QED) is 0.814. The van der Waals surface area contributed by atoms with Crippen molar-refractivity contribution in [3.63, 3.8) is 0 Å². The van der Waals surface area contributed by atoms with Crippen molar-refractivity contribution in [3.05, 3.63) is 29.8 Å². The van der Waals surface area contributed by atoms with Crippen LogP contribution in [0.3, 0.4) is 0 Å². The number of piperidine rings is 1. The molecule has 0 amide bonds. The van der Waals surface area contributed by atoms with Crippen LogP contribution in [0.4, 0.5) is 0 Å². The number of hydrogen-bond acceptors (Lipinski definition) is 3. The lowest BCUT2D eigenvalue weighted by Gasteiger charge is -2.53. The normalized spacial score (nSPS) is 20.4. The maximum atomic E-state index is 5.99. The third kappa shape index (κ3) is 4.95. The summed E-state index contributed by atoms with van der Waals surface area (Å²) in [7, 11) is 0. The van der Waals surface area contributed by atoms with E-state index in [9.17, 15) is 0 Å². The highest BCUT2D eigenvalue weighted by atomic mass is 16.5. The fraction of sp³-hybridized carbons (Fsp3) is 0.700. The van der Waals surface area contributed by atoms with Crippen LogP contribution in [-0.2, 0) is 6.54 Å². The molecule has 1 aliphatic heterocycles. The number of benzene rings is 1. The molecule has 3 heteroatoms. The molecular formula is C20H34N2O. The Kier molecular flexibility index (Phi) is 6.10. The van der Waals surface area contributed by atoms with Gasteiger partial charge in [-0.3, -0.25) is 4.90 Å². The maximum Gasteiger partial charge on any atom is 0.119 e. The van der Waals surface area contributed by atoms with Crippen LogP contribution < -0.4 is 10.1 Å². The van der Waals surface area contributed by atoms with Gasteiger partial charge in [-0.25, -0.2) is 0 Å². The van der Waals surface area contributed by atoms with Crippen LogP contribution in [0.5, 0.6) is 5.75 Å². The van der Waals surface area contributed by atoms with Gasteiger partial charge in [-0.05, 0) is 71.2 Å². The Balaban J connectivity index is 1.86. The van der Waals surface area contributed by atoms with Gasteiger partial charge in [0.1, 0.15) is 12.4 Å². The standard InChI is InChI=1S/C20H34N2O/c1-6-21-16-17-8-10-18(11-9-17)23-15-14-22-19(2,3)12-7-13-20(22,4)5/h8-11,21H,6-7,12-16H2,1-5H3. The smallest absolute Gasteiger partial charge is 0.119 e. The lowest BCUT2D eigenvalue weighted by Crippen LogP contribution is -2.59. The van der Waals surface area contributed by atoms with Crippen molar-refractivity contribution in [1.82, 2.24) is 10.2 Å². The summed E-state index contributed by atoms with van der Waals surface area (Å²) in [4.78, 5) is 2.63. The Morgan fingerprint density at radius 3 is 2.22 bits per heavy atom. The lowest BCUT2D eigenvalue weighted by molar-refractivity contribution is -0.0340. The molecule has 1 heterocycles. The molecule has 0 aromatic heterocycles. The van der Waals surface area contributed by atoms with Gasteiger partial charge in [-0.15, -0.1) is 0 Å². The highest BCUT2D eigenvalue weighted by Crippen LogP contribution is 2.37. The summed E-state index contributed by atoms with van der Waals surface area (Å²) in [6.45, 7) is 15.2. The van der Waals surface area contributed by atoms with Gasteiger partial charge in [0.05, 0.1) is 0 Å². The minimum Gasteiger partial charge on any atom is -0.492 e. The van der Waals surface area contributed by atoms with Gasteiger partial charge in [0.25, 0.3) is 0 Å². The largest absolute Gasteiger partial charge is 0.492 e. The van der Waals surface area contributed by atoms with Crippen molar-refractivity contribution in [3.8, 4) is 5.75 Å². The molecular weight excluding hydrogens is 284 g/mol. The summed E-state index contributed by atoms with van der Waals surface area (Å²) in [5.74, 6) is 0.970. The molecule has 0 unspecified atom stereocenters. The van der Waals surface area contributed by atoms with Gasteiger partial charge in [-0.2, -0.15) is 0 Å². The molecule has 3 nitrogen and oxygen atoms in total. The molecule has 0 bridgehead atoms. The van der Waals surface area contributed by atoms with E-state index in [-0.39, 0.29) is 11.1 Å². The highest BCUT2D eigenvalue weighted by molar-refractivity contribution is 5.27. The average molecular weight is 319 g/mol. The molecule has 1 fully saturated rings. The first-order chi connectivity index (χ1) is 10.8. The van der Waals surface area contributed by atoms with Crippen LogP contribution in [0.1, 0.15) is 59.4 Å². The lowest BCUT2D eigenvalue weighted by atomic mass is 9.80. The van der Waals surface area contributed by atoms with Crippen LogP contribution >= 0.6 is 0 Å². The molecule has 130 valence electrons. The number of ether oxygens (including phenoxy) is 1. The molecule has 0 spiro atoms. The van der Waals surface area contributed by atoms with E-state index in [2.05, 4.69) is 69.1 Å². The minimum atomic E-state index is 0.265. The first kappa shape index (κ1) is 18.3. The Hall–Kier alpha value is -1.06. The zero-order valence-corrected chi connectivity index (χ0v) is 15.6. The topological polar surface area (TPSA) is 24.5 Å². The summed E-state index contributed by atoms with van der Waals surface area (Å²) in [6, 6.07) is 8.46. The van der Waals surface area contributed by atoms with Crippen LogP contribution in [-0.4, -0.2) is 35.7 Å². The molecule has 1 saturated heterocycles. The number of rotatable bonds is 7. The van der Waals surface area contributed by atoms with Gasteiger partial charge in [0, 0.05) is 24.2 Å². The molecule has 0 atom stereocenters. The third-order valence-electron chi connectivity index (χ3n) is 5.12. The first-order valence-corrected chi connectivity index (χ1v) is 9.05. The van der Waals surface area contributed by atoms with E-state index in [0.29, 0.717) is 0 Å². The molecule has 0 radical (unpaired) electrons. The summed E-state index contributed by atoms with van der Waals surface area (Å²) in [5.41, 5.74) is 1.83. The monoisotopic (exact) mass is 318 g/mol. The molecule has 1 N–H and O–H groups in total. The maximum absolute atomic E-state index is 5.99. The summed E-state index contributed by atoms with van der Waals surface area (Å²) >= 11 is 0.